The lowest BCUT2D eigenvalue weighted by Gasteiger charge is -2.33. The minimum Gasteiger partial charge on any atom is -0.496 e. The largest absolute Gasteiger partial charge is 0.496 e. The van der Waals surface area contributed by atoms with Crippen LogP contribution in [0, 0.1) is 0 Å². The lowest BCUT2D eigenvalue weighted by Crippen LogP contribution is -2.35. The molecule has 0 amide bonds. The van der Waals surface area contributed by atoms with Crippen LogP contribution in [0.2, 0.25) is 0 Å². The van der Waals surface area contributed by atoms with E-state index in [0.717, 1.165) is 34.3 Å². The van der Waals surface area contributed by atoms with E-state index < -0.39 is 0 Å². The highest BCUT2D eigenvalue weighted by Gasteiger charge is 2.46. The second-order valence-electron chi connectivity index (χ2n) is 6.79. The monoisotopic (exact) mass is 399 g/mol. The fraction of sp³-hybridized carbons (Fsp3) is 0.429. The molecule has 4 rings (SSSR count). The molecule has 28 heavy (non-hydrogen) atoms. The van der Waals surface area contributed by atoms with E-state index in [1.54, 1.807) is 21.3 Å². The van der Waals surface area contributed by atoms with Gasteiger partial charge in [0.1, 0.15) is 11.8 Å². The number of methoxy groups -OCH3 is 3. The van der Waals surface area contributed by atoms with Crippen molar-refractivity contribution in [3.63, 3.8) is 0 Å². The molecule has 3 heterocycles. The van der Waals surface area contributed by atoms with Gasteiger partial charge in [0, 0.05) is 29.6 Å². The van der Waals surface area contributed by atoms with Gasteiger partial charge >= 0.3 is 0 Å². The molecule has 1 fully saturated rings. The second-order valence-corrected chi connectivity index (χ2v) is 7.77. The number of hydrogen-bond acceptors (Lipinski definition) is 7. The van der Waals surface area contributed by atoms with Crippen LogP contribution in [0.1, 0.15) is 36.7 Å². The Kier molecular flexibility index (Phi) is 5.35. The molecular formula is C21H25N3O3S. The number of ether oxygens (including phenoxy) is 3. The minimum atomic E-state index is -0.0925. The molecule has 1 aromatic heterocycles. The van der Waals surface area contributed by atoms with Gasteiger partial charge in [0.2, 0.25) is 0 Å². The molecule has 0 aliphatic carbocycles. The van der Waals surface area contributed by atoms with Crippen molar-refractivity contribution in [2.75, 3.05) is 27.1 Å². The summed E-state index contributed by atoms with van der Waals surface area (Å²) in [5.41, 5.74) is 2.00. The maximum absolute atomic E-state index is 5.76. The van der Waals surface area contributed by atoms with Crippen LogP contribution in [0.25, 0.3) is 0 Å². The van der Waals surface area contributed by atoms with Crippen LogP contribution < -0.4 is 14.2 Å². The number of rotatable bonds is 6. The highest BCUT2D eigenvalue weighted by molar-refractivity contribution is 8.14. The van der Waals surface area contributed by atoms with Gasteiger partial charge < -0.3 is 19.1 Å². The summed E-state index contributed by atoms with van der Waals surface area (Å²) in [5.74, 6) is 3.16. The van der Waals surface area contributed by atoms with E-state index in [1.165, 1.54) is 0 Å². The van der Waals surface area contributed by atoms with Crippen molar-refractivity contribution < 1.29 is 14.2 Å². The first-order valence-corrected chi connectivity index (χ1v) is 10.4. The predicted octanol–water partition coefficient (Wildman–Crippen LogP) is 4.09. The Morgan fingerprint density at radius 3 is 2.46 bits per heavy atom. The number of pyridine rings is 1. The molecule has 7 heteroatoms. The molecule has 0 bridgehead atoms. The van der Waals surface area contributed by atoms with Gasteiger partial charge in [-0.1, -0.05) is 24.8 Å². The Labute approximate surface area is 169 Å². The fourth-order valence-electron chi connectivity index (χ4n) is 3.97. The summed E-state index contributed by atoms with van der Waals surface area (Å²) in [4.78, 5) is 12.1. The number of aliphatic imine (C=N–C) groups is 1. The van der Waals surface area contributed by atoms with Crippen molar-refractivity contribution in [3.05, 3.63) is 47.8 Å². The smallest absolute Gasteiger partial charge is 0.164 e. The van der Waals surface area contributed by atoms with E-state index >= 15 is 0 Å². The number of benzene rings is 1. The topological polar surface area (TPSA) is 56.2 Å². The lowest BCUT2D eigenvalue weighted by atomic mass is 9.94. The van der Waals surface area contributed by atoms with Gasteiger partial charge in [0.25, 0.3) is 0 Å². The summed E-state index contributed by atoms with van der Waals surface area (Å²) in [6.07, 6.45) is 2.89. The molecule has 0 radical (unpaired) electrons. The van der Waals surface area contributed by atoms with E-state index in [1.807, 2.05) is 48.3 Å². The third-order valence-electron chi connectivity index (χ3n) is 5.38. The quantitative estimate of drug-likeness (QED) is 0.729. The van der Waals surface area contributed by atoms with Crippen molar-refractivity contribution in [1.82, 2.24) is 9.88 Å². The van der Waals surface area contributed by atoms with E-state index in [-0.39, 0.29) is 12.1 Å². The average molecular weight is 400 g/mol. The van der Waals surface area contributed by atoms with Gasteiger partial charge in [-0.15, -0.1) is 0 Å². The van der Waals surface area contributed by atoms with Crippen molar-refractivity contribution in [3.8, 4) is 17.2 Å². The zero-order chi connectivity index (χ0) is 19.7. The fourth-order valence-corrected chi connectivity index (χ4v) is 5.31. The van der Waals surface area contributed by atoms with E-state index in [0.29, 0.717) is 17.5 Å². The first-order chi connectivity index (χ1) is 13.7. The van der Waals surface area contributed by atoms with Crippen molar-refractivity contribution in [1.29, 1.82) is 0 Å². The maximum Gasteiger partial charge on any atom is 0.164 e. The number of thioether (sulfide) groups is 1. The molecule has 6 nitrogen and oxygen atoms in total. The molecule has 2 aliphatic rings. The molecule has 148 valence electrons. The van der Waals surface area contributed by atoms with E-state index in [9.17, 15) is 0 Å². The first kappa shape index (κ1) is 18.9. The zero-order valence-corrected chi connectivity index (χ0v) is 17.4. The molecule has 3 atom stereocenters. The van der Waals surface area contributed by atoms with Crippen molar-refractivity contribution >= 4 is 16.9 Å². The van der Waals surface area contributed by atoms with Gasteiger partial charge in [0.05, 0.1) is 33.1 Å². The Balaban J connectivity index is 1.87. The van der Waals surface area contributed by atoms with E-state index in [4.69, 9.17) is 19.2 Å². The van der Waals surface area contributed by atoms with Crippen LogP contribution in [0.4, 0.5) is 0 Å². The Hall–Kier alpha value is -2.41. The van der Waals surface area contributed by atoms with Crippen LogP contribution in [-0.4, -0.2) is 48.2 Å². The van der Waals surface area contributed by atoms with Crippen LogP contribution in [0.15, 0.2) is 41.5 Å². The Morgan fingerprint density at radius 2 is 1.82 bits per heavy atom. The number of aromatic nitrogens is 1. The number of amidine groups is 1. The predicted molar refractivity (Wildman–Crippen MR) is 112 cm³/mol. The van der Waals surface area contributed by atoms with Crippen molar-refractivity contribution in [2.24, 2.45) is 4.99 Å². The third kappa shape index (κ3) is 3.07. The Morgan fingerprint density at radius 1 is 1.07 bits per heavy atom. The standard InChI is InChI=1S/C21H25N3O3S/c1-5-13-12-28-21-23-19(15-8-6-7-9-22-15)20(24(13)21)14-10-17(26-3)18(27-4)11-16(14)25-2/h6-11,13,19-20H,5,12H2,1-4H3/t13-,19-,20+/m1/s1. The van der Waals surface area contributed by atoms with Gasteiger partial charge in [-0.25, -0.2) is 0 Å². The lowest BCUT2D eigenvalue weighted by molar-refractivity contribution is 0.247. The number of nitrogens with zero attached hydrogens (tertiary/aromatic N) is 3. The summed E-state index contributed by atoms with van der Waals surface area (Å²) >= 11 is 1.82. The zero-order valence-electron chi connectivity index (χ0n) is 16.6. The SMILES string of the molecule is CC[C@@H]1CSC2=N[C@H](c3ccccn3)[C@H](c3cc(OC)c(OC)cc3OC)N21. The molecule has 2 aromatic rings. The number of fused-ring (bicyclic) bond motifs is 1. The summed E-state index contributed by atoms with van der Waals surface area (Å²) in [7, 11) is 4.98. The second kappa shape index (κ2) is 7.91. The molecule has 0 N–H and O–H groups in total. The summed E-state index contributed by atoms with van der Waals surface area (Å²) < 4.78 is 16.8. The third-order valence-corrected chi connectivity index (χ3v) is 6.51. The highest BCUT2D eigenvalue weighted by atomic mass is 32.2. The van der Waals surface area contributed by atoms with Gasteiger partial charge in [-0.2, -0.15) is 0 Å². The summed E-state index contributed by atoms with van der Waals surface area (Å²) in [6.45, 7) is 2.23. The molecular weight excluding hydrogens is 374 g/mol. The molecule has 2 aliphatic heterocycles. The summed E-state index contributed by atoms with van der Waals surface area (Å²) in [6, 6.07) is 10.2. The normalized spacial score (nSPS) is 23.4. The van der Waals surface area contributed by atoms with Gasteiger partial charge in [-0.05, 0) is 24.6 Å². The van der Waals surface area contributed by atoms with Crippen molar-refractivity contribution in [2.45, 2.75) is 31.5 Å². The average Bonchev–Trinajstić information content (AvgIpc) is 3.32. The van der Waals surface area contributed by atoms with E-state index in [2.05, 4.69) is 16.8 Å². The van der Waals surface area contributed by atoms with Crippen LogP contribution in [0.3, 0.4) is 0 Å². The summed E-state index contributed by atoms with van der Waals surface area (Å²) in [5, 5.41) is 1.09. The molecule has 1 saturated heterocycles. The van der Waals surface area contributed by atoms with Gasteiger partial charge in [-0.3, -0.25) is 9.98 Å². The van der Waals surface area contributed by atoms with Crippen LogP contribution >= 0.6 is 11.8 Å². The molecule has 0 unspecified atom stereocenters. The molecule has 0 saturated carbocycles. The molecule has 1 aromatic carbocycles. The van der Waals surface area contributed by atoms with Crippen LogP contribution in [-0.2, 0) is 0 Å². The maximum atomic E-state index is 5.76. The highest BCUT2D eigenvalue weighted by Crippen LogP contribution is 2.52. The molecule has 0 spiro atoms. The van der Waals surface area contributed by atoms with Crippen LogP contribution in [0.5, 0.6) is 17.2 Å². The van der Waals surface area contributed by atoms with Gasteiger partial charge in [0.15, 0.2) is 16.7 Å². The minimum absolute atomic E-state index is 0.000365. The Bertz CT molecular complexity index is 875. The number of hydrogen-bond donors (Lipinski definition) is 0. The first-order valence-electron chi connectivity index (χ1n) is 9.41.